The molecular weight excluding hydrogens is 214 g/mol. The highest BCUT2D eigenvalue weighted by Gasteiger charge is 2.26. The Balaban J connectivity index is 2.06. The normalized spacial score (nSPS) is 25.0. The first-order valence-corrected chi connectivity index (χ1v) is 6.17. The molecule has 1 aromatic heterocycles. The molecular formula is C13H21N3O. The minimum absolute atomic E-state index is 0.305. The molecule has 0 radical (unpaired) electrons. The third-order valence-electron chi connectivity index (χ3n) is 3.56. The van der Waals surface area contributed by atoms with E-state index >= 15 is 0 Å². The van der Waals surface area contributed by atoms with Crippen LogP contribution >= 0.6 is 0 Å². The van der Waals surface area contributed by atoms with Gasteiger partial charge in [-0.05, 0) is 24.0 Å². The maximum Gasteiger partial charge on any atom is 0.128 e. The molecule has 0 saturated carbocycles. The Hall–Kier alpha value is -1.13. The van der Waals surface area contributed by atoms with Gasteiger partial charge in [-0.3, -0.25) is 0 Å². The van der Waals surface area contributed by atoms with Gasteiger partial charge >= 0.3 is 0 Å². The van der Waals surface area contributed by atoms with E-state index in [0.717, 1.165) is 30.9 Å². The summed E-state index contributed by atoms with van der Waals surface area (Å²) in [5.41, 5.74) is 6.64. The Bertz CT molecular complexity index is 352. The second-order valence-electron chi connectivity index (χ2n) is 4.71. The lowest BCUT2D eigenvalue weighted by Gasteiger charge is -2.36. The molecule has 1 aliphatic heterocycles. The zero-order valence-corrected chi connectivity index (χ0v) is 10.6. The zero-order chi connectivity index (χ0) is 12.3. The fraction of sp³-hybridized carbons (Fsp3) is 0.615. The molecule has 17 heavy (non-hydrogen) atoms. The molecule has 2 heterocycles. The lowest BCUT2D eigenvalue weighted by atomic mass is 9.96. The fourth-order valence-electron chi connectivity index (χ4n) is 2.27. The Morgan fingerprint density at radius 2 is 2.35 bits per heavy atom. The Labute approximate surface area is 103 Å². The molecule has 2 atom stereocenters. The number of hydrogen-bond acceptors (Lipinski definition) is 4. The van der Waals surface area contributed by atoms with Crippen LogP contribution in [0.25, 0.3) is 0 Å². The molecule has 1 aliphatic rings. The van der Waals surface area contributed by atoms with Crippen molar-refractivity contribution < 1.29 is 4.74 Å². The molecule has 2 rings (SSSR count). The van der Waals surface area contributed by atoms with Crippen molar-refractivity contribution in [2.24, 2.45) is 11.7 Å². The van der Waals surface area contributed by atoms with E-state index in [1.54, 1.807) is 7.11 Å². The summed E-state index contributed by atoms with van der Waals surface area (Å²) in [5, 5.41) is 0. The molecule has 1 aromatic rings. The molecule has 0 bridgehead atoms. The third-order valence-corrected chi connectivity index (χ3v) is 3.56. The van der Waals surface area contributed by atoms with Gasteiger partial charge in [0, 0.05) is 32.9 Å². The van der Waals surface area contributed by atoms with Crippen molar-refractivity contribution in [3.05, 3.63) is 23.9 Å². The maximum atomic E-state index is 5.57. The lowest BCUT2D eigenvalue weighted by Crippen LogP contribution is -2.44. The number of methoxy groups -OCH3 is 1. The molecule has 0 spiro atoms. The van der Waals surface area contributed by atoms with Crippen LogP contribution in [0.4, 0.5) is 5.82 Å². The van der Waals surface area contributed by atoms with Gasteiger partial charge in [0.15, 0.2) is 0 Å². The topological polar surface area (TPSA) is 51.4 Å². The summed E-state index contributed by atoms with van der Waals surface area (Å²) in [6, 6.07) is 4.09. The van der Waals surface area contributed by atoms with Crippen LogP contribution in [0.5, 0.6) is 0 Å². The zero-order valence-electron chi connectivity index (χ0n) is 10.6. The van der Waals surface area contributed by atoms with Crippen LogP contribution in [0.1, 0.15) is 18.9 Å². The highest BCUT2D eigenvalue weighted by molar-refractivity contribution is 5.40. The van der Waals surface area contributed by atoms with Crippen LogP contribution in [-0.2, 0) is 11.3 Å². The molecule has 1 saturated heterocycles. The van der Waals surface area contributed by atoms with E-state index in [0.29, 0.717) is 18.6 Å². The molecule has 2 unspecified atom stereocenters. The highest BCUT2D eigenvalue weighted by Crippen LogP contribution is 2.23. The lowest BCUT2D eigenvalue weighted by molar-refractivity contribution is 0.0496. The van der Waals surface area contributed by atoms with E-state index in [4.69, 9.17) is 10.5 Å². The fourth-order valence-corrected chi connectivity index (χ4v) is 2.27. The van der Waals surface area contributed by atoms with Crippen LogP contribution < -0.4 is 10.6 Å². The van der Waals surface area contributed by atoms with E-state index in [9.17, 15) is 0 Å². The molecule has 94 valence electrons. The number of piperidine rings is 1. The summed E-state index contributed by atoms with van der Waals surface area (Å²) >= 11 is 0. The van der Waals surface area contributed by atoms with E-state index < -0.39 is 0 Å². The molecule has 0 aromatic carbocycles. The first kappa shape index (κ1) is 12.3. The molecule has 4 nitrogen and oxygen atoms in total. The number of rotatable bonds is 3. The number of ether oxygens (including phenoxy) is 1. The summed E-state index contributed by atoms with van der Waals surface area (Å²) < 4.78 is 5.51. The minimum atomic E-state index is 0.305. The summed E-state index contributed by atoms with van der Waals surface area (Å²) in [6.07, 6.45) is 3.31. The van der Waals surface area contributed by atoms with Crippen molar-refractivity contribution in [2.75, 3.05) is 25.1 Å². The van der Waals surface area contributed by atoms with Crippen LogP contribution in [0.15, 0.2) is 18.3 Å². The molecule has 1 fully saturated rings. The van der Waals surface area contributed by atoms with Crippen LogP contribution in [0.3, 0.4) is 0 Å². The quantitative estimate of drug-likeness (QED) is 0.860. The van der Waals surface area contributed by atoms with Crippen molar-refractivity contribution in [1.82, 2.24) is 4.98 Å². The second-order valence-corrected chi connectivity index (χ2v) is 4.71. The minimum Gasteiger partial charge on any atom is -0.379 e. The van der Waals surface area contributed by atoms with Crippen molar-refractivity contribution in [2.45, 2.75) is 26.0 Å². The Kier molecular flexibility index (Phi) is 3.97. The van der Waals surface area contributed by atoms with E-state index in [2.05, 4.69) is 16.8 Å². The van der Waals surface area contributed by atoms with Crippen molar-refractivity contribution in [3.63, 3.8) is 0 Å². The van der Waals surface area contributed by atoms with Gasteiger partial charge < -0.3 is 15.4 Å². The van der Waals surface area contributed by atoms with Gasteiger partial charge in [-0.1, -0.05) is 13.0 Å². The number of aromatic nitrogens is 1. The molecule has 0 amide bonds. The predicted molar refractivity (Wildman–Crippen MR) is 68.9 cm³/mol. The van der Waals surface area contributed by atoms with E-state index in [1.807, 2.05) is 18.3 Å². The number of nitrogens with two attached hydrogens (primary N) is 1. The van der Waals surface area contributed by atoms with Gasteiger partial charge in [0.05, 0.1) is 6.10 Å². The van der Waals surface area contributed by atoms with Crippen molar-refractivity contribution >= 4 is 5.82 Å². The first-order valence-electron chi connectivity index (χ1n) is 6.17. The summed E-state index contributed by atoms with van der Waals surface area (Å²) in [7, 11) is 1.79. The average molecular weight is 235 g/mol. The molecule has 2 N–H and O–H groups in total. The number of nitrogens with zero attached hydrogens (tertiary/aromatic N) is 2. The smallest absolute Gasteiger partial charge is 0.128 e. The summed E-state index contributed by atoms with van der Waals surface area (Å²) in [5.74, 6) is 1.65. The van der Waals surface area contributed by atoms with Crippen LogP contribution in [0.2, 0.25) is 0 Å². The summed E-state index contributed by atoms with van der Waals surface area (Å²) in [6.45, 7) is 4.77. The predicted octanol–water partition coefficient (Wildman–Crippen LogP) is 1.40. The largest absolute Gasteiger partial charge is 0.379 e. The molecule has 0 aliphatic carbocycles. The van der Waals surface area contributed by atoms with E-state index in [-0.39, 0.29) is 0 Å². The second kappa shape index (κ2) is 5.47. The van der Waals surface area contributed by atoms with Gasteiger partial charge in [-0.2, -0.15) is 0 Å². The SMILES string of the molecule is COC1CN(c2ccc(CN)cn2)CCC1C. The number of anilines is 1. The monoisotopic (exact) mass is 235 g/mol. The first-order chi connectivity index (χ1) is 8.24. The van der Waals surface area contributed by atoms with Crippen molar-refractivity contribution in [1.29, 1.82) is 0 Å². The Morgan fingerprint density at radius 1 is 1.53 bits per heavy atom. The summed E-state index contributed by atoms with van der Waals surface area (Å²) in [4.78, 5) is 6.74. The Morgan fingerprint density at radius 3 is 2.94 bits per heavy atom. The van der Waals surface area contributed by atoms with Crippen molar-refractivity contribution in [3.8, 4) is 0 Å². The van der Waals surface area contributed by atoms with Crippen LogP contribution in [0, 0.1) is 5.92 Å². The standard InChI is InChI=1S/C13H21N3O/c1-10-5-6-16(9-12(10)17-2)13-4-3-11(7-14)8-15-13/h3-4,8,10,12H,5-7,9,14H2,1-2H3. The van der Waals surface area contributed by atoms with Gasteiger partial charge in [0.1, 0.15) is 5.82 Å². The van der Waals surface area contributed by atoms with Gasteiger partial charge in [0.25, 0.3) is 0 Å². The van der Waals surface area contributed by atoms with Gasteiger partial charge in [0.2, 0.25) is 0 Å². The highest BCUT2D eigenvalue weighted by atomic mass is 16.5. The maximum absolute atomic E-state index is 5.57. The average Bonchev–Trinajstić information content (AvgIpc) is 2.39. The number of hydrogen-bond donors (Lipinski definition) is 1. The van der Waals surface area contributed by atoms with E-state index in [1.165, 1.54) is 0 Å². The van der Waals surface area contributed by atoms with Gasteiger partial charge in [-0.25, -0.2) is 4.98 Å². The third kappa shape index (κ3) is 2.76. The van der Waals surface area contributed by atoms with Crippen LogP contribution in [-0.4, -0.2) is 31.3 Å². The molecule has 4 heteroatoms. The number of pyridine rings is 1. The van der Waals surface area contributed by atoms with Gasteiger partial charge in [-0.15, -0.1) is 0 Å².